The van der Waals surface area contributed by atoms with Crippen molar-refractivity contribution < 1.29 is 9.90 Å². The van der Waals surface area contributed by atoms with Gasteiger partial charge >= 0.3 is 0 Å². The lowest BCUT2D eigenvalue weighted by molar-refractivity contribution is -0.130. The van der Waals surface area contributed by atoms with Crippen molar-refractivity contribution >= 4 is 5.78 Å². The third-order valence-electron chi connectivity index (χ3n) is 1.64. The third-order valence-corrected chi connectivity index (χ3v) is 1.64. The van der Waals surface area contributed by atoms with Gasteiger partial charge in [0.05, 0.1) is 0 Å². The van der Waals surface area contributed by atoms with Gasteiger partial charge in [-0.05, 0) is 6.08 Å². The molecule has 0 bridgehead atoms. The molecule has 0 spiro atoms. The van der Waals surface area contributed by atoms with Gasteiger partial charge in [-0.1, -0.05) is 12.2 Å². The van der Waals surface area contributed by atoms with Crippen molar-refractivity contribution in [3.8, 4) is 0 Å². The molecule has 0 saturated heterocycles. The standard InChI is InChI=1S/C8H10O2/c1-2-5-8(10)6-3-4-7(8)9/h2-3,6,10H,1,4-5H2. The summed E-state index contributed by atoms with van der Waals surface area (Å²) < 4.78 is 0. The Morgan fingerprint density at radius 1 is 1.90 bits per heavy atom. The molecule has 0 amide bonds. The molecule has 2 nitrogen and oxygen atoms in total. The number of hydrogen-bond acceptors (Lipinski definition) is 2. The van der Waals surface area contributed by atoms with E-state index in [0.29, 0.717) is 12.8 Å². The Bertz CT molecular complexity index is 193. The highest BCUT2D eigenvalue weighted by molar-refractivity contribution is 5.93. The summed E-state index contributed by atoms with van der Waals surface area (Å²) in [5, 5.41) is 9.45. The van der Waals surface area contributed by atoms with Crippen LogP contribution in [0.15, 0.2) is 24.8 Å². The maximum Gasteiger partial charge on any atom is 0.172 e. The molecule has 0 radical (unpaired) electrons. The first-order chi connectivity index (χ1) is 4.69. The number of allylic oxidation sites excluding steroid dienone is 1. The first-order valence-corrected chi connectivity index (χ1v) is 3.23. The highest BCUT2D eigenvalue weighted by Crippen LogP contribution is 2.22. The molecule has 0 aromatic carbocycles. The first kappa shape index (κ1) is 7.22. The van der Waals surface area contributed by atoms with Gasteiger partial charge in [0.15, 0.2) is 5.78 Å². The van der Waals surface area contributed by atoms with Crippen molar-refractivity contribution in [1.82, 2.24) is 0 Å². The zero-order chi connectivity index (χ0) is 7.61. The molecule has 1 unspecified atom stereocenters. The van der Waals surface area contributed by atoms with E-state index < -0.39 is 5.60 Å². The first-order valence-electron chi connectivity index (χ1n) is 3.23. The number of Topliss-reactive ketones (excluding diaryl/α,β-unsaturated/α-hetero) is 1. The van der Waals surface area contributed by atoms with E-state index >= 15 is 0 Å². The van der Waals surface area contributed by atoms with E-state index in [1.807, 2.05) is 0 Å². The summed E-state index contributed by atoms with van der Waals surface area (Å²) in [4.78, 5) is 10.9. The number of hydrogen-bond donors (Lipinski definition) is 1. The van der Waals surface area contributed by atoms with Crippen molar-refractivity contribution in [2.75, 3.05) is 0 Å². The van der Waals surface area contributed by atoms with Gasteiger partial charge in [-0.25, -0.2) is 0 Å². The fourth-order valence-electron chi connectivity index (χ4n) is 1.03. The molecule has 0 fully saturated rings. The topological polar surface area (TPSA) is 37.3 Å². The Balaban J connectivity index is 2.74. The lowest BCUT2D eigenvalue weighted by Crippen LogP contribution is -2.31. The number of aliphatic hydroxyl groups is 1. The average Bonchev–Trinajstić information content (AvgIpc) is 2.15. The van der Waals surface area contributed by atoms with Crippen LogP contribution in [0.4, 0.5) is 0 Å². The largest absolute Gasteiger partial charge is 0.378 e. The zero-order valence-corrected chi connectivity index (χ0v) is 5.71. The molecular formula is C8H10O2. The molecule has 1 aliphatic carbocycles. The zero-order valence-electron chi connectivity index (χ0n) is 5.71. The van der Waals surface area contributed by atoms with Crippen LogP contribution >= 0.6 is 0 Å². The fourth-order valence-corrected chi connectivity index (χ4v) is 1.03. The van der Waals surface area contributed by atoms with Crippen LogP contribution in [0.2, 0.25) is 0 Å². The van der Waals surface area contributed by atoms with Crippen LogP contribution in [-0.4, -0.2) is 16.5 Å². The van der Waals surface area contributed by atoms with Gasteiger partial charge in [-0.3, -0.25) is 4.79 Å². The predicted octanol–water partition coefficient (Wildman–Crippen LogP) is 0.823. The maximum atomic E-state index is 10.9. The summed E-state index contributed by atoms with van der Waals surface area (Å²) in [5.41, 5.74) is -1.23. The van der Waals surface area contributed by atoms with E-state index in [-0.39, 0.29) is 5.78 Å². The quantitative estimate of drug-likeness (QED) is 0.574. The average molecular weight is 138 g/mol. The fraction of sp³-hybridized carbons (Fsp3) is 0.375. The summed E-state index contributed by atoms with van der Waals surface area (Å²) in [6.07, 6.45) is 5.45. The van der Waals surface area contributed by atoms with Crippen LogP contribution in [0, 0.1) is 0 Å². The molecule has 0 aliphatic heterocycles. The predicted molar refractivity (Wildman–Crippen MR) is 38.5 cm³/mol. The minimum Gasteiger partial charge on any atom is -0.378 e. The van der Waals surface area contributed by atoms with Crippen molar-refractivity contribution in [3.05, 3.63) is 24.8 Å². The molecule has 0 saturated carbocycles. The second kappa shape index (κ2) is 2.39. The number of carbonyl (C=O) groups is 1. The summed E-state index contributed by atoms with van der Waals surface area (Å²) in [6.45, 7) is 3.46. The Kier molecular flexibility index (Phi) is 1.72. The Hall–Kier alpha value is -0.890. The highest BCUT2D eigenvalue weighted by atomic mass is 16.3. The maximum absolute atomic E-state index is 10.9. The number of carbonyl (C=O) groups excluding carboxylic acids is 1. The second-order valence-corrected chi connectivity index (χ2v) is 2.45. The van der Waals surface area contributed by atoms with Crippen LogP contribution in [0.5, 0.6) is 0 Å². The molecule has 0 aromatic heterocycles. The molecule has 1 aliphatic rings. The molecule has 0 heterocycles. The van der Waals surface area contributed by atoms with Gasteiger partial charge < -0.3 is 5.11 Å². The van der Waals surface area contributed by atoms with Gasteiger partial charge in [0.2, 0.25) is 0 Å². The Labute approximate surface area is 59.9 Å². The Morgan fingerprint density at radius 2 is 2.60 bits per heavy atom. The monoisotopic (exact) mass is 138 g/mol. The Morgan fingerprint density at radius 3 is 3.00 bits per heavy atom. The van der Waals surface area contributed by atoms with Crippen LogP contribution in [-0.2, 0) is 4.79 Å². The highest BCUT2D eigenvalue weighted by Gasteiger charge is 2.33. The molecule has 2 heteroatoms. The smallest absolute Gasteiger partial charge is 0.172 e. The van der Waals surface area contributed by atoms with Crippen molar-refractivity contribution in [2.24, 2.45) is 0 Å². The summed E-state index contributed by atoms with van der Waals surface area (Å²) in [5.74, 6) is -0.132. The molecule has 1 N–H and O–H groups in total. The normalized spacial score (nSPS) is 31.1. The van der Waals surface area contributed by atoms with Crippen LogP contribution < -0.4 is 0 Å². The van der Waals surface area contributed by atoms with Crippen molar-refractivity contribution in [2.45, 2.75) is 18.4 Å². The van der Waals surface area contributed by atoms with Gasteiger partial charge in [0, 0.05) is 12.8 Å². The van der Waals surface area contributed by atoms with E-state index in [2.05, 4.69) is 6.58 Å². The van der Waals surface area contributed by atoms with Gasteiger partial charge in [0.1, 0.15) is 5.60 Å². The van der Waals surface area contributed by atoms with Gasteiger partial charge in [-0.2, -0.15) is 0 Å². The minimum absolute atomic E-state index is 0.132. The van der Waals surface area contributed by atoms with E-state index in [4.69, 9.17) is 0 Å². The van der Waals surface area contributed by atoms with Crippen molar-refractivity contribution in [3.63, 3.8) is 0 Å². The lowest BCUT2D eigenvalue weighted by atomic mass is 9.98. The molecule has 54 valence electrons. The van der Waals surface area contributed by atoms with Gasteiger partial charge in [-0.15, -0.1) is 6.58 Å². The molecule has 0 aromatic rings. The van der Waals surface area contributed by atoms with Crippen LogP contribution in [0.25, 0.3) is 0 Å². The summed E-state index contributed by atoms with van der Waals surface area (Å²) >= 11 is 0. The van der Waals surface area contributed by atoms with Crippen LogP contribution in [0.1, 0.15) is 12.8 Å². The lowest BCUT2D eigenvalue weighted by Gasteiger charge is -2.15. The van der Waals surface area contributed by atoms with E-state index in [0.717, 1.165) is 0 Å². The van der Waals surface area contributed by atoms with E-state index in [1.54, 1.807) is 12.2 Å². The number of ketones is 1. The number of rotatable bonds is 2. The second-order valence-electron chi connectivity index (χ2n) is 2.45. The molecular weight excluding hydrogens is 128 g/mol. The van der Waals surface area contributed by atoms with Crippen molar-refractivity contribution in [1.29, 1.82) is 0 Å². The van der Waals surface area contributed by atoms with E-state index in [1.165, 1.54) is 6.08 Å². The summed E-state index contributed by atoms with van der Waals surface area (Å²) in [6, 6.07) is 0. The van der Waals surface area contributed by atoms with E-state index in [9.17, 15) is 9.90 Å². The molecule has 1 rings (SSSR count). The summed E-state index contributed by atoms with van der Waals surface area (Å²) in [7, 11) is 0. The molecule has 10 heavy (non-hydrogen) atoms. The third kappa shape index (κ3) is 1.02. The van der Waals surface area contributed by atoms with Crippen LogP contribution in [0.3, 0.4) is 0 Å². The molecule has 1 atom stereocenters. The van der Waals surface area contributed by atoms with Gasteiger partial charge in [0.25, 0.3) is 0 Å². The minimum atomic E-state index is -1.23. The SMILES string of the molecule is C=CCC1(O)C=CCC1=O.